The molecule has 74 valence electrons. The largest absolute Gasteiger partial charge is 0.380 e. The van der Waals surface area contributed by atoms with E-state index in [1.54, 1.807) is 0 Å². The SMILES string of the molecule is NC1CC1C(=O)N1CCCOCC1. The van der Waals surface area contributed by atoms with Gasteiger partial charge in [0.25, 0.3) is 0 Å². The van der Waals surface area contributed by atoms with Gasteiger partial charge in [-0.25, -0.2) is 0 Å². The molecule has 1 saturated carbocycles. The maximum absolute atomic E-state index is 11.7. The second-order valence-electron chi connectivity index (χ2n) is 3.80. The normalized spacial score (nSPS) is 34.1. The Bertz CT molecular complexity index is 200. The molecular formula is C9H16N2O2. The lowest BCUT2D eigenvalue weighted by Gasteiger charge is -2.19. The lowest BCUT2D eigenvalue weighted by atomic mass is 10.3. The number of rotatable bonds is 1. The summed E-state index contributed by atoms with van der Waals surface area (Å²) in [5.74, 6) is 0.344. The van der Waals surface area contributed by atoms with E-state index >= 15 is 0 Å². The molecule has 1 heterocycles. The Hall–Kier alpha value is -0.610. The number of amides is 1. The highest BCUT2D eigenvalue weighted by Gasteiger charge is 2.42. The van der Waals surface area contributed by atoms with Crippen LogP contribution in [0, 0.1) is 5.92 Å². The molecule has 0 radical (unpaired) electrons. The molecule has 1 saturated heterocycles. The summed E-state index contributed by atoms with van der Waals surface area (Å²) >= 11 is 0. The molecule has 2 aliphatic rings. The Morgan fingerprint density at radius 3 is 2.85 bits per heavy atom. The molecule has 13 heavy (non-hydrogen) atoms. The van der Waals surface area contributed by atoms with E-state index in [9.17, 15) is 4.79 Å². The average molecular weight is 184 g/mol. The third-order valence-electron chi connectivity index (χ3n) is 2.69. The monoisotopic (exact) mass is 184 g/mol. The zero-order valence-electron chi connectivity index (χ0n) is 7.74. The topological polar surface area (TPSA) is 55.6 Å². The van der Waals surface area contributed by atoms with Crippen LogP contribution in [0.4, 0.5) is 0 Å². The first-order valence-electron chi connectivity index (χ1n) is 4.91. The highest BCUT2D eigenvalue weighted by Crippen LogP contribution is 2.30. The molecule has 4 nitrogen and oxygen atoms in total. The number of carbonyl (C=O) groups excluding carboxylic acids is 1. The van der Waals surface area contributed by atoms with Crippen LogP contribution < -0.4 is 5.73 Å². The molecule has 2 atom stereocenters. The third kappa shape index (κ3) is 2.00. The lowest BCUT2D eigenvalue weighted by Crippen LogP contribution is -2.35. The van der Waals surface area contributed by atoms with Crippen molar-refractivity contribution in [3.63, 3.8) is 0 Å². The van der Waals surface area contributed by atoms with E-state index in [0.29, 0.717) is 6.61 Å². The minimum atomic E-state index is 0.109. The van der Waals surface area contributed by atoms with E-state index in [0.717, 1.165) is 32.5 Å². The fraction of sp³-hybridized carbons (Fsp3) is 0.889. The molecule has 1 aliphatic carbocycles. The van der Waals surface area contributed by atoms with Crippen LogP contribution in [0.1, 0.15) is 12.8 Å². The van der Waals surface area contributed by atoms with E-state index < -0.39 is 0 Å². The van der Waals surface area contributed by atoms with Crippen molar-refractivity contribution in [1.82, 2.24) is 4.90 Å². The first kappa shape index (κ1) is 8.97. The zero-order chi connectivity index (χ0) is 9.26. The molecule has 1 aliphatic heterocycles. The molecule has 2 rings (SSSR count). The molecule has 2 fully saturated rings. The number of carbonyl (C=O) groups is 1. The van der Waals surface area contributed by atoms with Gasteiger partial charge >= 0.3 is 0 Å². The van der Waals surface area contributed by atoms with Crippen molar-refractivity contribution in [2.75, 3.05) is 26.3 Å². The van der Waals surface area contributed by atoms with Crippen molar-refractivity contribution >= 4 is 5.91 Å². The van der Waals surface area contributed by atoms with Crippen molar-refractivity contribution in [3.05, 3.63) is 0 Å². The van der Waals surface area contributed by atoms with Gasteiger partial charge in [0, 0.05) is 25.7 Å². The van der Waals surface area contributed by atoms with Gasteiger partial charge in [0.05, 0.1) is 12.5 Å². The van der Waals surface area contributed by atoms with Crippen molar-refractivity contribution in [2.45, 2.75) is 18.9 Å². The Balaban J connectivity index is 1.87. The number of hydrogen-bond acceptors (Lipinski definition) is 3. The summed E-state index contributed by atoms with van der Waals surface area (Å²) in [5.41, 5.74) is 5.63. The molecule has 1 amide bonds. The summed E-state index contributed by atoms with van der Waals surface area (Å²) in [6, 6.07) is 0.122. The maximum atomic E-state index is 11.7. The number of hydrogen-bond donors (Lipinski definition) is 1. The Labute approximate surface area is 78.0 Å². The number of ether oxygens (including phenoxy) is 1. The van der Waals surface area contributed by atoms with Gasteiger partial charge in [-0.15, -0.1) is 0 Å². The lowest BCUT2D eigenvalue weighted by molar-refractivity contribution is -0.132. The summed E-state index contributed by atoms with van der Waals surface area (Å²) in [6.45, 7) is 3.03. The fourth-order valence-corrected chi connectivity index (χ4v) is 1.70. The quantitative estimate of drug-likeness (QED) is 0.602. The van der Waals surface area contributed by atoms with Gasteiger partial charge in [-0.05, 0) is 12.8 Å². The summed E-state index contributed by atoms with van der Waals surface area (Å²) in [6.07, 6.45) is 1.82. The first-order chi connectivity index (χ1) is 6.29. The van der Waals surface area contributed by atoms with Crippen molar-refractivity contribution in [3.8, 4) is 0 Å². The van der Waals surface area contributed by atoms with E-state index in [-0.39, 0.29) is 17.9 Å². The molecule has 0 aromatic carbocycles. The molecule has 0 spiro atoms. The zero-order valence-corrected chi connectivity index (χ0v) is 7.74. The van der Waals surface area contributed by atoms with Crippen molar-refractivity contribution in [1.29, 1.82) is 0 Å². The second kappa shape index (κ2) is 3.64. The van der Waals surface area contributed by atoms with Gasteiger partial charge in [-0.3, -0.25) is 4.79 Å². The first-order valence-corrected chi connectivity index (χ1v) is 4.91. The minimum absolute atomic E-state index is 0.109. The third-order valence-corrected chi connectivity index (χ3v) is 2.69. The van der Waals surface area contributed by atoms with E-state index in [4.69, 9.17) is 10.5 Å². The molecule has 0 aromatic rings. The molecule has 2 N–H and O–H groups in total. The van der Waals surface area contributed by atoms with Gasteiger partial charge in [0.15, 0.2) is 0 Å². The highest BCUT2D eigenvalue weighted by atomic mass is 16.5. The maximum Gasteiger partial charge on any atom is 0.227 e. The van der Waals surface area contributed by atoms with Gasteiger partial charge in [0.1, 0.15) is 0 Å². The van der Waals surface area contributed by atoms with Crippen LogP contribution in [0.5, 0.6) is 0 Å². The summed E-state index contributed by atoms with van der Waals surface area (Å²) in [5, 5.41) is 0. The van der Waals surface area contributed by atoms with E-state index in [2.05, 4.69) is 0 Å². The minimum Gasteiger partial charge on any atom is -0.380 e. The Morgan fingerprint density at radius 2 is 2.15 bits per heavy atom. The van der Waals surface area contributed by atoms with Crippen LogP contribution in [-0.4, -0.2) is 43.2 Å². The highest BCUT2D eigenvalue weighted by molar-refractivity contribution is 5.82. The number of nitrogens with two attached hydrogens (primary N) is 1. The van der Waals surface area contributed by atoms with Gasteiger partial charge < -0.3 is 15.4 Å². The smallest absolute Gasteiger partial charge is 0.227 e. The van der Waals surface area contributed by atoms with Gasteiger partial charge in [0.2, 0.25) is 5.91 Å². The average Bonchev–Trinajstić information content (AvgIpc) is 2.86. The number of nitrogens with zero attached hydrogens (tertiary/aromatic N) is 1. The van der Waals surface area contributed by atoms with Gasteiger partial charge in [-0.1, -0.05) is 0 Å². The van der Waals surface area contributed by atoms with Gasteiger partial charge in [-0.2, -0.15) is 0 Å². The van der Waals surface area contributed by atoms with Crippen LogP contribution in [0.3, 0.4) is 0 Å². The molecule has 4 heteroatoms. The standard InChI is InChI=1S/C9H16N2O2/c10-8-6-7(8)9(12)11-2-1-4-13-5-3-11/h7-8H,1-6,10H2. The van der Waals surface area contributed by atoms with Crippen molar-refractivity contribution < 1.29 is 9.53 Å². The van der Waals surface area contributed by atoms with Crippen LogP contribution in [0.2, 0.25) is 0 Å². The summed E-state index contributed by atoms with van der Waals surface area (Å²) in [4.78, 5) is 13.6. The molecular weight excluding hydrogens is 168 g/mol. The summed E-state index contributed by atoms with van der Waals surface area (Å²) in [7, 11) is 0. The summed E-state index contributed by atoms with van der Waals surface area (Å²) < 4.78 is 5.28. The fourth-order valence-electron chi connectivity index (χ4n) is 1.70. The molecule has 2 unspecified atom stereocenters. The van der Waals surface area contributed by atoms with Crippen LogP contribution >= 0.6 is 0 Å². The van der Waals surface area contributed by atoms with Crippen LogP contribution in [-0.2, 0) is 9.53 Å². The molecule has 0 aromatic heterocycles. The van der Waals surface area contributed by atoms with Crippen molar-refractivity contribution in [2.24, 2.45) is 11.7 Å². The Morgan fingerprint density at radius 1 is 1.38 bits per heavy atom. The second-order valence-corrected chi connectivity index (χ2v) is 3.80. The van der Waals surface area contributed by atoms with Crippen LogP contribution in [0.25, 0.3) is 0 Å². The van der Waals surface area contributed by atoms with Crippen LogP contribution in [0.15, 0.2) is 0 Å². The molecule has 0 bridgehead atoms. The Kier molecular flexibility index (Phi) is 2.51. The predicted octanol–water partition coefficient (Wildman–Crippen LogP) is -0.418. The van der Waals surface area contributed by atoms with E-state index in [1.807, 2.05) is 4.90 Å². The predicted molar refractivity (Wildman–Crippen MR) is 48.1 cm³/mol. The van der Waals surface area contributed by atoms with E-state index in [1.165, 1.54) is 0 Å².